The van der Waals surface area contributed by atoms with Gasteiger partial charge >= 0.3 is 10.4 Å². The first kappa shape index (κ1) is 24.8. The second-order valence-corrected chi connectivity index (χ2v) is 11.3. The molecule has 0 radical (unpaired) electrons. The Balaban J connectivity index is 0.000000575. The second-order valence-electron chi connectivity index (χ2n) is 10.4. The highest BCUT2D eigenvalue weighted by molar-refractivity contribution is 7.79. The minimum absolute atomic E-state index is 0.121. The number of nitrogen functional groups attached to an aromatic ring is 1. The summed E-state index contributed by atoms with van der Waals surface area (Å²) in [5, 5.41) is 0. The molecule has 170 valence electrons. The van der Waals surface area contributed by atoms with Crippen molar-refractivity contribution < 1.29 is 22.3 Å². The molecule has 0 aromatic carbocycles. The van der Waals surface area contributed by atoms with Crippen LogP contribution in [0, 0.1) is 5.41 Å². The molecular weight excluding hydrogens is 404 g/mol. The number of hydrogen-bond donors (Lipinski definition) is 3. The molecule has 8 heteroatoms. The van der Waals surface area contributed by atoms with Crippen molar-refractivity contribution >= 4 is 21.7 Å². The third-order valence-electron chi connectivity index (χ3n) is 5.67. The van der Waals surface area contributed by atoms with Crippen LogP contribution < -0.4 is 5.73 Å². The number of hydrogen-bond acceptors (Lipinski definition) is 5. The zero-order valence-corrected chi connectivity index (χ0v) is 19.7. The minimum Gasteiger partial charge on any atom is -0.397 e. The third kappa shape index (κ3) is 7.65. The highest BCUT2D eigenvalue weighted by Crippen LogP contribution is 2.44. The largest absolute Gasteiger partial charge is 0.397 e. The molecule has 2 aliphatic rings. The van der Waals surface area contributed by atoms with Crippen molar-refractivity contribution in [1.82, 2.24) is 4.98 Å². The first-order chi connectivity index (χ1) is 13.5. The number of nitrogens with two attached hydrogens (primary N) is 1. The Morgan fingerprint density at radius 3 is 2.07 bits per heavy atom. The first-order valence-electron chi connectivity index (χ1n) is 10.3. The fourth-order valence-corrected chi connectivity index (χ4v) is 4.56. The molecule has 2 heterocycles. The summed E-state index contributed by atoms with van der Waals surface area (Å²) >= 11 is 0. The monoisotopic (exact) mass is 440 g/mol. The van der Waals surface area contributed by atoms with E-state index in [-0.39, 0.29) is 11.2 Å². The fraction of sp³-hybridized carbons (Fsp3) is 0.682. The van der Waals surface area contributed by atoms with Crippen molar-refractivity contribution in [3.8, 4) is 0 Å². The first-order valence-corrected chi connectivity index (χ1v) is 11.7. The standard InChI is InChI=1S/C22H34N2O.H2O4S/c1-20(2)11-9-15(10-12-20)19-17(23)7-8-18(24-19)16-13-21(3,4)25-22(5,6)14-16;1-5(2,3)4/h7-9,16H,10-14,23H2,1-6H3;(H2,1,2,3,4). The average Bonchev–Trinajstić information content (AvgIpc) is 2.51. The van der Waals surface area contributed by atoms with Gasteiger partial charge in [0.25, 0.3) is 0 Å². The highest BCUT2D eigenvalue weighted by atomic mass is 32.3. The van der Waals surface area contributed by atoms with Crippen LogP contribution in [-0.2, 0) is 15.1 Å². The fourth-order valence-electron chi connectivity index (χ4n) is 4.56. The van der Waals surface area contributed by atoms with E-state index in [9.17, 15) is 0 Å². The number of ether oxygens (including phenoxy) is 1. The van der Waals surface area contributed by atoms with E-state index < -0.39 is 10.4 Å². The van der Waals surface area contributed by atoms with Gasteiger partial charge in [0.2, 0.25) is 0 Å². The molecule has 4 N–H and O–H groups in total. The van der Waals surface area contributed by atoms with Crippen molar-refractivity contribution in [3.05, 3.63) is 29.6 Å². The smallest absolute Gasteiger partial charge is 0.394 e. The van der Waals surface area contributed by atoms with E-state index in [1.165, 1.54) is 17.7 Å². The summed E-state index contributed by atoms with van der Waals surface area (Å²) < 4.78 is 37.8. The average molecular weight is 441 g/mol. The Morgan fingerprint density at radius 2 is 1.60 bits per heavy atom. The van der Waals surface area contributed by atoms with Crippen LogP contribution in [0.2, 0.25) is 0 Å². The van der Waals surface area contributed by atoms with E-state index >= 15 is 0 Å². The summed E-state index contributed by atoms with van der Waals surface area (Å²) in [5.41, 5.74) is 10.8. The van der Waals surface area contributed by atoms with Gasteiger partial charge in [-0.05, 0) is 82.9 Å². The molecule has 0 saturated carbocycles. The van der Waals surface area contributed by atoms with Crippen LogP contribution in [0.15, 0.2) is 18.2 Å². The van der Waals surface area contributed by atoms with Gasteiger partial charge in [0.15, 0.2) is 0 Å². The summed E-state index contributed by atoms with van der Waals surface area (Å²) in [6.45, 7) is 13.4. The van der Waals surface area contributed by atoms with Gasteiger partial charge in [-0.25, -0.2) is 0 Å². The third-order valence-corrected chi connectivity index (χ3v) is 5.67. The topological polar surface area (TPSA) is 123 Å². The lowest BCUT2D eigenvalue weighted by Gasteiger charge is -2.45. The Hall–Kier alpha value is -1.48. The van der Waals surface area contributed by atoms with E-state index in [2.05, 4.69) is 53.7 Å². The van der Waals surface area contributed by atoms with Gasteiger partial charge in [0, 0.05) is 11.6 Å². The zero-order chi connectivity index (χ0) is 23.0. The second kappa shape index (κ2) is 8.57. The molecule has 0 amide bonds. The maximum Gasteiger partial charge on any atom is 0.394 e. The van der Waals surface area contributed by atoms with Gasteiger partial charge in [-0.15, -0.1) is 0 Å². The molecule has 0 bridgehead atoms. The Labute approximate surface area is 180 Å². The van der Waals surface area contributed by atoms with E-state index in [1.807, 2.05) is 6.07 Å². The van der Waals surface area contributed by atoms with Gasteiger partial charge in [-0.2, -0.15) is 8.42 Å². The molecule has 3 rings (SSSR count). The molecular formula is C22H36N2O5S. The van der Waals surface area contributed by atoms with Crippen molar-refractivity contribution in [2.45, 2.75) is 90.8 Å². The zero-order valence-electron chi connectivity index (χ0n) is 18.9. The molecule has 1 fully saturated rings. The van der Waals surface area contributed by atoms with Crippen LogP contribution in [0.5, 0.6) is 0 Å². The SMILES string of the molecule is CC1(C)CC=C(c2nc(C3CC(C)(C)OC(C)(C)C3)ccc2N)CC1.O=S(=O)(O)O. The van der Waals surface area contributed by atoms with Crippen molar-refractivity contribution in [3.63, 3.8) is 0 Å². The van der Waals surface area contributed by atoms with Gasteiger partial charge in [0.05, 0.1) is 22.6 Å². The predicted molar refractivity (Wildman–Crippen MR) is 120 cm³/mol. The molecule has 7 nitrogen and oxygen atoms in total. The molecule has 30 heavy (non-hydrogen) atoms. The van der Waals surface area contributed by atoms with E-state index in [1.54, 1.807) is 0 Å². The molecule has 1 aliphatic heterocycles. The molecule has 1 aromatic heterocycles. The summed E-state index contributed by atoms with van der Waals surface area (Å²) in [6.07, 6.45) is 7.71. The van der Waals surface area contributed by atoms with Crippen molar-refractivity contribution in [2.75, 3.05) is 5.73 Å². The van der Waals surface area contributed by atoms with Crippen LogP contribution in [0.25, 0.3) is 5.57 Å². The van der Waals surface area contributed by atoms with Gasteiger partial charge < -0.3 is 10.5 Å². The molecule has 0 unspecified atom stereocenters. The summed E-state index contributed by atoms with van der Waals surface area (Å²) in [6, 6.07) is 4.17. The highest BCUT2D eigenvalue weighted by Gasteiger charge is 2.40. The Bertz CT molecular complexity index is 880. The van der Waals surface area contributed by atoms with Crippen LogP contribution in [0.4, 0.5) is 5.69 Å². The summed E-state index contributed by atoms with van der Waals surface area (Å²) in [5.74, 6) is 0.415. The molecule has 1 saturated heterocycles. The maximum absolute atomic E-state index is 8.74. The van der Waals surface area contributed by atoms with E-state index in [4.69, 9.17) is 33.0 Å². The molecule has 1 aromatic rings. The van der Waals surface area contributed by atoms with Crippen molar-refractivity contribution in [1.29, 1.82) is 0 Å². The predicted octanol–water partition coefficient (Wildman–Crippen LogP) is 5.06. The number of pyridine rings is 1. The van der Waals surface area contributed by atoms with E-state index in [0.29, 0.717) is 11.3 Å². The summed E-state index contributed by atoms with van der Waals surface area (Å²) in [7, 11) is -4.67. The lowest BCUT2D eigenvalue weighted by atomic mass is 9.77. The number of aromatic nitrogens is 1. The van der Waals surface area contributed by atoms with E-state index in [0.717, 1.165) is 37.1 Å². The number of nitrogens with zero attached hydrogens (tertiary/aromatic N) is 1. The molecule has 0 spiro atoms. The molecule has 1 aliphatic carbocycles. The van der Waals surface area contributed by atoms with Gasteiger partial charge in [-0.3, -0.25) is 14.1 Å². The Morgan fingerprint density at radius 1 is 1.07 bits per heavy atom. The molecule has 0 atom stereocenters. The number of allylic oxidation sites excluding steroid dienone is 2. The lowest BCUT2D eigenvalue weighted by molar-refractivity contribution is -0.162. The van der Waals surface area contributed by atoms with Crippen molar-refractivity contribution in [2.24, 2.45) is 5.41 Å². The minimum atomic E-state index is -4.67. The quantitative estimate of drug-likeness (QED) is 0.549. The Kier molecular flexibility index (Phi) is 7.08. The van der Waals surface area contributed by atoms with Crippen LogP contribution in [0.1, 0.15) is 91.0 Å². The number of anilines is 1. The van der Waals surface area contributed by atoms with Crippen LogP contribution in [-0.4, -0.2) is 33.7 Å². The van der Waals surface area contributed by atoms with Gasteiger partial charge in [-0.1, -0.05) is 19.9 Å². The van der Waals surface area contributed by atoms with Gasteiger partial charge in [0.1, 0.15) is 0 Å². The maximum atomic E-state index is 8.74. The van der Waals surface area contributed by atoms with Crippen LogP contribution in [0.3, 0.4) is 0 Å². The van der Waals surface area contributed by atoms with Crippen LogP contribution >= 0.6 is 0 Å². The number of rotatable bonds is 2. The summed E-state index contributed by atoms with van der Waals surface area (Å²) in [4.78, 5) is 5.05. The lowest BCUT2D eigenvalue weighted by Crippen LogP contribution is -2.44. The normalized spacial score (nSPS) is 23.1.